The van der Waals surface area contributed by atoms with Crippen molar-refractivity contribution in [1.29, 1.82) is 0 Å². The number of hydrogen-bond acceptors (Lipinski definition) is 2. The van der Waals surface area contributed by atoms with Gasteiger partial charge in [0, 0.05) is 0 Å². The van der Waals surface area contributed by atoms with Gasteiger partial charge in [-0.05, 0) is 0 Å². The Bertz CT molecular complexity index is 376. The molecule has 0 radical (unpaired) electrons. The van der Waals surface area contributed by atoms with Crippen molar-refractivity contribution < 1.29 is 9.90 Å². The quantitative estimate of drug-likeness (QED) is 0.773. The summed E-state index contributed by atoms with van der Waals surface area (Å²) in [6.45, 7) is 8.47. The number of hydrogen-bond donors (Lipinski definition) is 2. The Morgan fingerprint density at radius 2 is 2.11 bits per heavy atom. The molecule has 2 N–H and O–H groups in total. The van der Waals surface area contributed by atoms with Crippen LogP contribution in [0.1, 0.15) is 40.5 Å². The van der Waals surface area contributed by atoms with Gasteiger partial charge in [0.15, 0.2) is 0 Å². The van der Waals surface area contributed by atoms with Crippen molar-refractivity contribution >= 4 is 30.1 Å². The second kappa shape index (κ2) is 4.37. The summed E-state index contributed by atoms with van der Waals surface area (Å²) in [5, 5.41) is 14.0. The summed E-state index contributed by atoms with van der Waals surface area (Å²) >= 11 is -0.118. The van der Waals surface area contributed by atoms with Gasteiger partial charge in [-0.15, -0.1) is 0 Å². The second-order valence-electron chi connectivity index (χ2n) is 6.54. The first-order chi connectivity index (χ1) is 8.20. The Balaban J connectivity index is 2.36. The molecule has 0 aromatic heterocycles. The third-order valence-electron chi connectivity index (χ3n) is 5.80. The number of rotatable bonds is 3. The Labute approximate surface area is 119 Å². The van der Waals surface area contributed by atoms with E-state index < -0.39 is 5.60 Å². The van der Waals surface area contributed by atoms with Crippen LogP contribution in [0.25, 0.3) is 0 Å². The van der Waals surface area contributed by atoms with Crippen LogP contribution >= 0.6 is 10.1 Å². The van der Waals surface area contributed by atoms with E-state index in [1.54, 1.807) is 0 Å². The Morgan fingerprint density at radius 3 is 2.61 bits per heavy atom. The molecule has 0 unspecified atom stereocenters. The molecule has 104 valence electrons. The summed E-state index contributed by atoms with van der Waals surface area (Å²) in [5.74, 6) is 0.382. The van der Waals surface area contributed by atoms with E-state index in [0.717, 1.165) is 12.8 Å². The molecule has 0 aliphatic heterocycles. The van der Waals surface area contributed by atoms with E-state index in [4.69, 9.17) is 10.1 Å². The fraction of sp³-hybridized carbons (Fsp3) is 0.923. The summed E-state index contributed by atoms with van der Waals surface area (Å²) in [7, 11) is 6.18. The summed E-state index contributed by atoms with van der Waals surface area (Å²) in [6.07, 6.45) is 2.16. The molecule has 2 saturated carbocycles. The Morgan fingerprint density at radius 1 is 1.50 bits per heavy atom. The van der Waals surface area contributed by atoms with Gasteiger partial charge in [-0.25, -0.2) is 0 Å². The number of carbonyl (C=O) groups excluding carboxylic acids is 1. The van der Waals surface area contributed by atoms with E-state index in [1.807, 2.05) is 0 Å². The van der Waals surface area contributed by atoms with Crippen molar-refractivity contribution in [3.63, 3.8) is 0 Å². The third-order valence-corrected chi connectivity index (χ3v) is 8.71. The third kappa shape index (κ3) is 1.62. The molecule has 2 aliphatic rings. The molecule has 2 aliphatic carbocycles. The molecule has 0 aromatic carbocycles. The molecular formula is C13H22ClNO2Se. The van der Waals surface area contributed by atoms with Crippen LogP contribution in [0.4, 0.5) is 0 Å². The monoisotopic (exact) mass is 339 g/mol. The molecule has 0 heterocycles. The summed E-state index contributed by atoms with van der Waals surface area (Å²) in [4.78, 5) is 11.3. The second-order valence-corrected chi connectivity index (χ2v) is 8.91. The zero-order chi connectivity index (χ0) is 13.8. The average Bonchev–Trinajstić information content (AvgIpc) is 2.57. The number of amides is 1. The van der Waals surface area contributed by atoms with E-state index >= 15 is 0 Å². The maximum absolute atomic E-state index is 11.2. The van der Waals surface area contributed by atoms with Crippen molar-refractivity contribution in [3.05, 3.63) is 0 Å². The van der Waals surface area contributed by atoms with Crippen molar-refractivity contribution in [2.24, 2.45) is 16.7 Å². The van der Waals surface area contributed by atoms with Crippen LogP contribution in [-0.4, -0.2) is 37.2 Å². The first-order valence-electron chi connectivity index (χ1n) is 6.45. The minimum atomic E-state index is -0.854. The molecule has 1 amide bonds. The molecule has 3 nitrogen and oxygen atoms in total. The maximum atomic E-state index is 11.2. The molecule has 2 bridgehead atoms. The van der Waals surface area contributed by atoms with Crippen molar-refractivity contribution in [2.75, 3.05) is 6.54 Å². The Kier molecular flexibility index (Phi) is 3.56. The Hall–Kier alpha value is 0.239. The van der Waals surface area contributed by atoms with Crippen LogP contribution in [0.5, 0.6) is 0 Å². The van der Waals surface area contributed by atoms with Crippen molar-refractivity contribution in [2.45, 2.75) is 51.0 Å². The SMILES string of the molecule is CC(=O)NC[C@@]1(O)[C@@H]([Se]Cl)[C@H]2CC[C@]1(C)C2(C)C. The minimum absolute atomic E-state index is 0.0848. The zero-order valence-electron chi connectivity index (χ0n) is 11.4. The molecule has 0 saturated heterocycles. The van der Waals surface area contributed by atoms with Crippen LogP contribution in [0.2, 0.25) is 4.82 Å². The summed E-state index contributed by atoms with van der Waals surface area (Å²) in [5.41, 5.74) is -0.928. The van der Waals surface area contributed by atoms with E-state index in [-0.39, 0.29) is 35.6 Å². The molecule has 4 atom stereocenters. The van der Waals surface area contributed by atoms with Crippen LogP contribution in [0.3, 0.4) is 0 Å². The molecular weight excluding hydrogens is 317 g/mol. The summed E-state index contributed by atoms with van der Waals surface area (Å²) < 4.78 is 0. The number of nitrogens with one attached hydrogen (secondary N) is 1. The van der Waals surface area contributed by atoms with Gasteiger partial charge in [0.05, 0.1) is 0 Å². The molecule has 0 aromatic rings. The fourth-order valence-corrected chi connectivity index (χ4v) is 7.88. The van der Waals surface area contributed by atoms with Crippen LogP contribution in [0, 0.1) is 16.7 Å². The predicted octanol–water partition coefficient (Wildman–Crippen LogP) is 1.96. The average molecular weight is 339 g/mol. The normalized spacial score (nSPS) is 45.2. The van der Waals surface area contributed by atoms with Gasteiger partial charge in [-0.3, -0.25) is 0 Å². The van der Waals surface area contributed by atoms with Gasteiger partial charge >= 0.3 is 120 Å². The van der Waals surface area contributed by atoms with Gasteiger partial charge in [0.25, 0.3) is 0 Å². The first-order valence-corrected chi connectivity index (χ1v) is 9.69. The van der Waals surface area contributed by atoms with E-state index in [2.05, 4.69) is 26.1 Å². The fourth-order valence-electron chi connectivity index (χ4n) is 4.18. The standard InChI is InChI=1S/C13H22ClNO2Se/c1-8(16)15-7-13(17)10(18-14)9-5-6-12(13,4)11(9,2)3/h9-10,17H,5-7H2,1-4H3,(H,15,16)/t9-,10+,12-,13-/m1/s1. The predicted molar refractivity (Wildman–Crippen MR) is 73.6 cm³/mol. The van der Waals surface area contributed by atoms with Gasteiger partial charge in [-0.2, -0.15) is 0 Å². The molecule has 0 spiro atoms. The summed E-state index contributed by atoms with van der Waals surface area (Å²) in [6, 6.07) is 0. The van der Waals surface area contributed by atoms with Gasteiger partial charge < -0.3 is 0 Å². The number of fused-ring (bicyclic) bond motifs is 2. The molecule has 2 fully saturated rings. The van der Waals surface area contributed by atoms with E-state index in [1.165, 1.54) is 6.92 Å². The van der Waals surface area contributed by atoms with E-state index in [9.17, 15) is 9.90 Å². The topological polar surface area (TPSA) is 49.3 Å². The number of carbonyl (C=O) groups is 1. The van der Waals surface area contributed by atoms with Crippen LogP contribution in [-0.2, 0) is 4.79 Å². The first kappa shape index (κ1) is 14.6. The van der Waals surface area contributed by atoms with Crippen molar-refractivity contribution in [1.82, 2.24) is 5.32 Å². The zero-order valence-corrected chi connectivity index (χ0v) is 13.9. The van der Waals surface area contributed by atoms with E-state index in [0.29, 0.717) is 12.5 Å². The van der Waals surface area contributed by atoms with Crippen LogP contribution < -0.4 is 5.32 Å². The molecule has 2 rings (SSSR count). The van der Waals surface area contributed by atoms with Gasteiger partial charge in [0.2, 0.25) is 0 Å². The number of halogens is 1. The molecule has 18 heavy (non-hydrogen) atoms. The molecule has 5 heteroatoms. The van der Waals surface area contributed by atoms with Crippen molar-refractivity contribution in [3.8, 4) is 0 Å². The number of aliphatic hydroxyl groups is 1. The van der Waals surface area contributed by atoms with Gasteiger partial charge in [-0.1, -0.05) is 0 Å². The van der Waals surface area contributed by atoms with Crippen LogP contribution in [0.15, 0.2) is 0 Å². The van der Waals surface area contributed by atoms with Gasteiger partial charge in [0.1, 0.15) is 0 Å².